The average Bonchev–Trinajstić information content (AvgIpc) is 2.62. The fourth-order valence-corrected chi connectivity index (χ4v) is 3.19. The summed E-state index contributed by atoms with van der Waals surface area (Å²) in [6.07, 6.45) is 4.04. The Morgan fingerprint density at radius 3 is 2.29 bits per heavy atom. The summed E-state index contributed by atoms with van der Waals surface area (Å²) in [6, 6.07) is 0. The summed E-state index contributed by atoms with van der Waals surface area (Å²) in [6.45, 7) is 0.287. The summed E-state index contributed by atoms with van der Waals surface area (Å²) in [5.74, 6) is -2.20. The first-order chi connectivity index (χ1) is 7.77. The number of carboxylic acid groups (broad SMARTS) is 1. The Morgan fingerprint density at radius 1 is 1.35 bits per heavy atom. The maximum absolute atomic E-state index is 11.5. The predicted octanol–water partition coefficient (Wildman–Crippen LogP) is -0.135. The van der Waals surface area contributed by atoms with Crippen LogP contribution in [0.1, 0.15) is 25.7 Å². The Kier molecular flexibility index (Phi) is 4.51. The van der Waals surface area contributed by atoms with Crippen LogP contribution in [0.15, 0.2) is 0 Å². The fraction of sp³-hybridized carbons (Fsp3) is 0.900. The molecule has 100 valence electrons. The van der Waals surface area contributed by atoms with E-state index in [1.807, 2.05) is 19.0 Å². The van der Waals surface area contributed by atoms with E-state index < -0.39 is 21.7 Å². The molecule has 0 heterocycles. The third-order valence-corrected chi connectivity index (χ3v) is 4.63. The summed E-state index contributed by atoms with van der Waals surface area (Å²) in [5, 5.41) is 8.48. The van der Waals surface area contributed by atoms with Gasteiger partial charge in [-0.1, -0.05) is 12.8 Å². The van der Waals surface area contributed by atoms with Crippen molar-refractivity contribution in [2.75, 3.05) is 26.4 Å². The molecule has 0 bridgehead atoms. The van der Waals surface area contributed by atoms with Gasteiger partial charge in [0.15, 0.2) is 5.75 Å². The number of carboxylic acids is 1. The van der Waals surface area contributed by atoms with Gasteiger partial charge in [0.2, 0.25) is 10.0 Å². The van der Waals surface area contributed by atoms with E-state index in [0.29, 0.717) is 0 Å². The molecule has 0 aromatic heterocycles. The van der Waals surface area contributed by atoms with Gasteiger partial charge in [-0.15, -0.1) is 0 Å². The van der Waals surface area contributed by atoms with E-state index in [0.717, 1.165) is 25.7 Å². The molecule has 1 aliphatic rings. The molecule has 1 saturated carbocycles. The number of sulfonamides is 1. The molecule has 1 aliphatic carbocycles. The number of nitrogens with one attached hydrogen (secondary N) is 1. The van der Waals surface area contributed by atoms with Crippen LogP contribution in [0.5, 0.6) is 0 Å². The van der Waals surface area contributed by atoms with Crippen LogP contribution in [0.2, 0.25) is 0 Å². The van der Waals surface area contributed by atoms with Crippen molar-refractivity contribution in [3.8, 4) is 0 Å². The van der Waals surface area contributed by atoms with Gasteiger partial charge in [0.1, 0.15) is 0 Å². The third-order valence-electron chi connectivity index (χ3n) is 3.42. The van der Waals surface area contributed by atoms with Gasteiger partial charge >= 0.3 is 5.97 Å². The lowest BCUT2D eigenvalue weighted by atomic mass is 9.97. The van der Waals surface area contributed by atoms with Crippen LogP contribution in [0.25, 0.3) is 0 Å². The summed E-state index contributed by atoms with van der Waals surface area (Å²) in [7, 11) is 0.139. The van der Waals surface area contributed by atoms with E-state index in [-0.39, 0.29) is 12.1 Å². The molecule has 0 saturated heterocycles. The SMILES string of the molecule is CN(C)C1(CNS(=O)(=O)CC(=O)O)CCCC1. The standard InChI is InChI=1S/C10H20N2O4S/c1-12(2)10(5-3-4-6-10)8-11-17(15,16)7-9(13)14/h11H,3-8H2,1-2H3,(H,13,14). The lowest BCUT2D eigenvalue weighted by molar-refractivity contribution is -0.134. The van der Waals surface area contributed by atoms with Crippen LogP contribution in [-0.4, -0.2) is 56.3 Å². The highest BCUT2D eigenvalue weighted by atomic mass is 32.2. The van der Waals surface area contributed by atoms with Crippen LogP contribution in [0.4, 0.5) is 0 Å². The van der Waals surface area contributed by atoms with E-state index in [4.69, 9.17) is 5.11 Å². The Bertz CT molecular complexity index is 372. The molecule has 2 N–H and O–H groups in total. The molecule has 0 aromatic carbocycles. The van der Waals surface area contributed by atoms with Crippen LogP contribution in [0, 0.1) is 0 Å². The number of carbonyl (C=O) groups is 1. The quantitative estimate of drug-likeness (QED) is 0.697. The van der Waals surface area contributed by atoms with Crippen molar-refractivity contribution < 1.29 is 18.3 Å². The summed E-state index contributed by atoms with van der Waals surface area (Å²) in [4.78, 5) is 12.4. The average molecular weight is 264 g/mol. The largest absolute Gasteiger partial charge is 0.480 e. The molecule has 0 aliphatic heterocycles. The number of likely N-dealkylation sites (N-methyl/N-ethyl adjacent to an activating group) is 1. The number of nitrogens with zero attached hydrogens (tertiary/aromatic N) is 1. The minimum absolute atomic E-state index is 0.161. The van der Waals surface area contributed by atoms with E-state index in [1.165, 1.54) is 0 Å². The van der Waals surface area contributed by atoms with Gasteiger partial charge in [0.25, 0.3) is 0 Å². The molecule has 7 heteroatoms. The maximum atomic E-state index is 11.5. The van der Waals surface area contributed by atoms with E-state index in [9.17, 15) is 13.2 Å². The van der Waals surface area contributed by atoms with Crippen LogP contribution >= 0.6 is 0 Å². The van der Waals surface area contributed by atoms with Crippen LogP contribution in [0.3, 0.4) is 0 Å². The summed E-state index contributed by atoms with van der Waals surface area (Å²) >= 11 is 0. The van der Waals surface area contributed by atoms with Gasteiger partial charge in [-0.25, -0.2) is 13.1 Å². The Morgan fingerprint density at radius 2 is 1.88 bits per heavy atom. The van der Waals surface area contributed by atoms with E-state index in [2.05, 4.69) is 4.72 Å². The second kappa shape index (κ2) is 5.32. The predicted molar refractivity (Wildman–Crippen MR) is 64.3 cm³/mol. The zero-order valence-corrected chi connectivity index (χ0v) is 11.1. The molecule has 1 fully saturated rings. The molecule has 0 aromatic rings. The molecular weight excluding hydrogens is 244 g/mol. The minimum atomic E-state index is -3.72. The number of hydrogen-bond donors (Lipinski definition) is 2. The highest BCUT2D eigenvalue weighted by molar-refractivity contribution is 7.90. The number of hydrogen-bond acceptors (Lipinski definition) is 4. The first-order valence-corrected chi connectivity index (χ1v) is 7.29. The molecule has 0 amide bonds. The summed E-state index contributed by atoms with van der Waals surface area (Å²) in [5.41, 5.74) is -0.161. The second-order valence-electron chi connectivity index (χ2n) is 4.80. The molecular formula is C10H20N2O4S. The number of aliphatic carboxylic acids is 1. The normalized spacial score (nSPS) is 19.7. The molecule has 0 atom stereocenters. The monoisotopic (exact) mass is 264 g/mol. The molecule has 0 unspecified atom stereocenters. The highest BCUT2D eigenvalue weighted by Gasteiger charge is 2.36. The van der Waals surface area contributed by atoms with E-state index >= 15 is 0 Å². The lowest BCUT2D eigenvalue weighted by Gasteiger charge is -2.36. The van der Waals surface area contributed by atoms with E-state index in [1.54, 1.807) is 0 Å². The maximum Gasteiger partial charge on any atom is 0.320 e. The lowest BCUT2D eigenvalue weighted by Crippen LogP contribution is -2.51. The Labute approximate surface area is 102 Å². The van der Waals surface area contributed by atoms with Gasteiger partial charge < -0.3 is 10.0 Å². The van der Waals surface area contributed by atoms with Crippen molar-refractivity contribution >= 4 is 16.0 Å². The molecule has 0 radical (unpaired) electrons. The van der Waals surface area contributed by atoms with Crippen molar-refractivity contribution in [1.82, 2.24) is 9.62 Å². The fourth-order valence-electron chi connectivity index (χ4n) is 2.27. The van der Waals surface area contributed by atoms with Crippen molar-refractivity contribution in [1.29, 1.82) is 0 Å². The van der Waals surface area contributed by atoms with Crippen LogP contribution < -0.4 is 4.72 Å². The van der Waals surface area contributed by atoms with Gasteiger partial charge in [0, 0.05) is 12.1 Å². The van der Waals surface area contributed by atoms with Gasteiger partial charge in [-0.3, -0.25) is 4.79 Å². The Hall–Kier alpha value is -0.660. The smallest absolute Gasteiger partial charge is 0.320 e. The molecule has 0 spiro atoms. The topological polar surface area (TPSA) is 86.7 Å². The van der Waals surface area contributed by atoms with Gasteiger partial charge in [0.05, 0.1) is 0 Å². The van der Waals surface area contributed by atoms with Crippen LogP contribution in [-0.2, 0) is 14.8 Å². The minimum Gasteiger partial charge on any atom is -0.480 e. The third kappa shape index (κ3) is 3.93. The van der Waals surface area contributed by atoms with Crippen molar-refractivity contribution in [3.63, 3.8) is 0 Å². The zero-order valence-electron chi connectivity index (χ0n) is 10.3. The van der Waals surface area contributed by atoms with Crippen molar-refractivity contribution in [3.05, 3.63) is 0 Å². The van der Waals surface area contributed by atoms with Crippen molar-refractivity contribution in [2.24, 2.45) is 0 Å². The second-order valence-corrected chi connectivity index (χ2v) is 6.61. The van der Waals surface area contributed by atoms with Crippen molar-refractivity contribution in [2.45, 2.75) is 31.2 Å². The highest BCUT2D eigenvalue weighted by Crippen LogP contribution is 2.33. The molecule has 1 rings (SSSR count). The zero-order chi connectivity index (χ0) is 13.1. The first-order valence-electron chi connectivity index (χ1n) is 5.64. The molecule has 6 nitrogen and oxygen atoms in total. The van der Waals surface area contributed by atoms with Gasteiger partial charge in [-0.2, -0.15) is 0 Å². The summed E-state index contributed by atoms with van der Waals surface area (Å²) < 4.78 is 25.3. The van der Waals surface area contributed by atoms with Gasteiger partial charge in [-0.05, 0) is 26.9 Å². The Balaban J connectivity index is 2.62. The first kappa shape index (κ1) is 14.4. The molecule has 17 heavy (non-hydrogen) atoms. The number of rotatable bonds is 6.